The van der Waals surface area contributed by atoms with Crippen molar-refractivity contribution in [1.29, 1.82) is 0 Å². The lowest BCUT2D eigenvalue weighted by Gasteiger charge is -2.11. The first-order valence-corrected chi connectivity index (χ1v) is 6.38. The number of aryl methyl sites for hydroxylation is 1. The maximum atomic E-state index is 13.0. The van der Waals surface area contributed by atoms with Crippen molar-refractivity contribution < 1.29 is 4.39 Å². The predicted molar refractivity (Wildman–Crippen MR) is 81.8 cm³/mol. The second-order valence-corrected chi connectivity index (χ2v) is 4.99. The summed E-state index contributed by atoms with van der Waals surface area (Å²) in [6.07, 6.45) is 0. The molecule has 0 atom stereocenters. The van der Waals surface area contributed by atoms with Crippen LogP contribution in [0.5, 0.6) is 0 Å². The molecule has 0 aromatic heterocycles. The Morgan fingerprint density at radius 3 is 2.58 bits per heavy atom. The molecular weight excluding hydrogens is 283 g/mol. The summed E-state index contributed by atoms with van der Waals surface area (Å²) in [4.78, 5) is 0.365. The lowest BCUT2D eigenvalue weighted by atomic mass is 10.1. The van der Waals surface area contributed by atoms with Gasteiger partial charge in [0.2, 0.25) is 0 Å². The van der Waals surface area contributed by atoms with Crippen molar-refractivity contribution >= 4 is 40.2 Å². The average Bonchev–Trinajstić information content (AvgIpc) is 2.32. The van der Waals surface area contributed by atoms with E-state index < -0.39 is 0 Å². The number of rotatable bonds is 3. The molecule has 2 aromatic rings. The van der Waals surface area contributed by atoms with E-state index in [4.69, 9.17) is 29.6 Å². The first kappa shape index (κ1) is 13.8. The first-order valence-electron chi connectivity index (χ1n) is 5.60. The molecule has 0 radical (unpaired) electrons. The highest BCUT2D eigenvalue weighted by molar-refractivity contribution is 7.80. The van der Waals surface area contributed by atoms with Gasteiger partial charge in [-0.1, -0.05) is 23.8 Å². The van der Waals surface area contributed by atoms with Gasteiger partial charge in [0.25, 0.3) is 0 Å². The van der Waals surface area contributed by atoms with Crippen LogP contribution in [0.15, 0.2) is 36.4 Å². The van der Waals surface area contributed by atoms with Crippen LogP contribution >= 0.6 is 23.8 Å². The Kier molecular flexibility index (Phi) is 4.02. The van der Waals surface area contributed by atoms with Gasteiger partial charge in [-0.2, -0.15) is 0 Å². The molecule has 0 unspecified atom stereocenters. The van der Waals surface area contributed by atoms with Gasteiger partial charge in [0, 0.05) is 11.3 Å². The fourth-order valence-corrected chi connectivity index (χ4v) is 2.21. The number of hydrogen-bond donors (Lipinski definition) is 2. The Hall–Kier alpha value is -1.65. The average molecular weight is 295 g/mol. The summed E-state index contributed by atoms with van der Waals surface area (Å²) < 4.78 is 13.0. The van der Waals surface area contributed by atoms with Crippen molar-refractivity contribution in [3.63, 3.8) is 0 Å². The van der Waals surface area contributed by atoms with Crippen LogP contribution < -0.4 is 11.1 Å². The molecule has 0 amide bonds. The molecule has 3 N–H and O–H groups in total. The summed E-state index contributed by atoms with van der Waals surface area (Å²) in [5.41, 5.74) is 8.90. The fraction of sp³-hybridized carbons (Fsp3) is 0.0714. The van der Waals surface area contributed by atoms with Gasteiger partial charge in [0.15, 0.2) is 0 Å². The second-order valence-electron chi connectivity index (χ2n) is 4.14. The van der Waals surface area contributed by atoms with Gasteiger partial charge < -0.3 is 11.1 Å². The maximum Gasteiger partial charge on any atom is 0.124 e. The van der Waals surface area contributed by atoms with E-state index in [9.17, 15) is 4.39 Å². The van der Waals surface area contributed by atoms with Gasteiger partial charge in [-0.3, -0.25) is 0 Å². The van der Waals surface area contributed by atoms with Crippen molar-refractivity contribution in [2.75, 3.05) is 5.32 Å². The van der Waals surface area contributed by atoms with Gasteiger partial charge in [0.05, 0.1) is 10.7 Å². The summed E-state index contributed by atoms with van der Waals surface area (Å²) >= 11 is 10.9. The Balaban J connectivity index is 2.29. The molecule has 98 valence electrons. The number of thiocarbonyl (C=S) groups is 1. The van der Waals surface area contributed by atoms with E-state index in [0.717, 1.165) is 16.8 Å². The van der Waals surface area contributed by atoms with Gasteiger partial charge in [-0.15, -0.1) is 0 Å². The third kappa shape index (κ3) is 3.22. The van der Waals surface area contributed by atoms with Crippen molar-refractivity contribution in [3.05, 3.63) is 58.4 Å². The number of hydrogen-bond acceptors (Lipinski definition) is 2. The van der Waals surface area contributed by atoms with Gasteiger partial charge >= 0.3 is 0 Å². The number of halogens is 2. The van der Waals surface area contributed by atoms with Crippen molar-refractivity contribution in [2.24, 2.45) is 5.73 Å². The van der Waals surface area contributed by atoms with E-state index in [-0.39, 0.29) is 5.82 Å². The number of anilines is 2. The predicted octanol–water partition coefficient (Wildman–Crippen LogP) is 4.17. The highest BCUT2D eigenvalue weighted by Crippen LogP contribution is 2.27. The van der Waals surface area contributed by atoms with Crippen LogP contribution in [0.2, 0.25) is 5.02 Å². The number of nitrogens with two attached hydrogens (primary N) is 1. The molecule has 0 saturated carbocycles. The topological polar surface area (TPSA) is 38.0 Å². The Labute approximate surface area is 121 Å². The minimum absolute atomic E-state index is 0.330. The monoisotopic (exact) mass is 294 g/mol. The van der Waals surface area contributed by atoms with Crippen LogP contribution in [0.25, 0.3) is 0 Å². The highest BCUT2D eigenvalue weighted by atomic mass is 35.5. The molecule has 0 aliphatic heterocycles. The third-order valence-electron chi connectivity index (χ3n) is 2.70. The molecule has 0 bridgehead atoms. The van der Waals surface area contributed by atoms with Gasteiger partial charge in [-0.25, -0.2) is 4.39 Å². The number of benzene rings is 2. The number of nitrogens with one attached hydrogen (secondary N) is 1. The van der Waals surface area contributed by atoms with E-state index in [1.807, 2.05) is 25.1 Å². The Morgan fingerprint density at radius 1 is 1.26 bits per heavy atom. The van der Waals surface area contributed by atoms with E-state index in [2.05, 4.69) is 5.32 Å². The largest absolute Gasteiger partial charge is 0.389 e. The summed E-state index contributed by atoms with van der Waals surface area (Å²) in [5.74, 6) is -0.365. The van der Waals surface area contributed by atoms with Crippen molar-refractivity contribution in [1.82, 2.24) is 0 Å². The third-order valence-corrected chi connectivity index (χ3v) is 3.23. The molecule has 0 spiro atoms. The lowest BCUT2D eigenvalue weighted by molar-refractivity contribution is 0.628. The molecule has 2 aromatic carbocycles. The molecule has 0 heterocycles. The van der Waals surface area contributed by atoms with E-state index >= 15 is 0 Å². The fourth-order valence-electron chi connectivity index (χ4n) is 1.76. The minimum Gasteiger partial charge on any atom is -0.389 e. The Morgan fingerprint density at radius 2 is 2.00 bits per heavy atom. The summed E-state index contributed by atoms with van der Waals surface area (Å²) in [5, 5.41) is 3.45. The van der Waals surface area contributed by atoms with Crippen LogP contribution in [-0.4, -0.2) is 4.99 Å². The maximum absolute atomic E-state index is 13.0. The van der Waals surface area contributed by atoms with Crippen LogP contribution in [0.4, 0.5) is 15.8 Å². The van der Waals surface area contributed by atoms with Crippen molar-refractivity contribution in [2.45, 2.75) is 6.92 Å². The van der Waals surface area contributed by atoms with E-state index in [1.54, 1.807) is 6.07 Å². The van der Waals surface area contributed by atoms with Crippen LogP contribution in [0.1, 0.15) is 11.1 Å². The van der Waals surface area contributed by atoms with Crippen molar-refractivity contribution in [3.8, 4) is 0 Å². The molecule has 0 aliphatic rings. The molecule has 0 aliphatic carbocycles. The van der Waals surface area contributed by atoms with E-state index in [0.29, 0.717) is 15.7 Å². The van der Waals surface area contributed by atoms with Crippen LogP contribution in [0, 0.1) is 12.7 Å². The zero-order chi connectivity index (χ0) is 14.0. The quantitative estimate of drug-likeness (QED) is 0.835. The molecule has 0 fully saturated rings. The zero-order valence-corrected chi connectivity index (χ0v) is 11.8. The molecule has 2 nitrogen and oxygen atoms in total. The smallest absolute Gasteiger partial charge is 0.124 e. The molecule has 2 rings (SSSR count). The van der Waals surface area contributed by atoms with E-state index in [1.165, 1.54) is 12.1 Å². The minimum atomic E-state index is -0.365. The molecule has 5 heteroatoms. The molecule has 19 heavy (non-hydrogen) atoms. The summed E-state index contributed by atoms with van der Waals surface area (Å²) in [6, 6.07) is 9.81. The normalized spacial score (nSPS) is 10.3. The van der Waals surface area contributed by atoms with Gasteiger partial charge in [-0.05, 0) is 48.9 Å². The highest BCUT2D eigenvalue weighted by Gasteiger charge is 2.05. The lowest BCUT2D eigenvalue weighted by Crippen LogP contribution is -2.11. The first-order chi connectivity index (χ1) is 8.97. The van der Waals surface area contributed by atoms with Crippen LogP contribution in [0.3, 0.4) is 0 Å². The second kappa shape index (κ2) is 5.55. The van der Waals surface area contributed by atoms with Crippen LogP contribution in [-0.2, 0) is 0 Å². The molecular formula is C14H12ClFN2S. The molecule has 0 saturated heterocycles. The zero-order valence-electron chi connectivity index (χ0n) is 10.2. The Bertz CT molecular complexity index is 643. The summed E-state index contributed by atoms with van der Waals surface area (Å²) in [6.45, 7) is 1.92. The SMILES string of the molecule is Cc1cc(Nc2ccc(F)cc2Cl)ccc1C(N)=S. The summed E-state index contributed by atoms with van der Waals surface area (Å²) in [7, 11) is 0. The standard InChI is InChI=1S/C14H12ClFN2S/c1-8-6-10(3-4-11(8)14(17)19)18-13-5-2-9(16)7-12(13)15/h2-7,18H,1H3,(H2,17,19). The van der Waals surface area contributed by atoms with Gasteiger partial charge in [0.1, 0.15) is 10.8 Å².